The molecule has 5 nitrogen and oxygen atoms in total. The molecule has 0 aliphatic carbocycles. The molecule has 2 rings (SSSR count). The Morgan fingerprint density at radius 1 is 1.14 bits per heavy atom. The lowest BCUT2D eigenvalue weighted by Crippen LogP contribution is -2.38. The number of hydrogen-bond donors (Lipinski definition) is 2. The number of benzene rings is 1. The Labute approximate surface area is 183 Å². The minimum absolute atomic E-state index is 0. The average molecular weight is 508 g/mol. The summed E-state index contributed by atoms with van der Waals surface area (Å²) in [6, 6.07) is 3.55. The molecule has 1 aromatic carbocycles. The second-order valence-corrected chi connectivity index (χ2v) is 6.76. The molecule has 1 heterocycles. The molecule has 0 atom stereocenters. The zero-order chi connectivity index (χ0) is 19.5. The van der Waals surface area contributed by atoms with Gasteiger partial charge in [0, 0.05) is 45.2 Å². The predicted octanol–water partition coefficient (Wildman–Crippen LogP) is 3.47. The molecule has 28 heavy (non-hydrogen) atoms. The van der Waals surface area contributed by atoms with Crippen molar-refractivity contribution in [2.24, 2.45) is 4.99 Å². The van der Waals surface area contributed by atoms with Crippen molar-refractivity contribution in [2.45, 2.75) is 45.4 Å². The maximum atomic E-state index is 13.2. The summed E-state index contributed by atoms with van der Waals surface area (Å²) in [6.07, 6.45) is 5.19. The summed E-state index contributed by atoms with van der Waals surface area (Å²) >= 11 is 0. The Kier molecular flexibility index (Phi) is 12.0. The third-order valence-electron chi connectivity index (χ3n) is 4.50. The van der Waals surface area contributed by atoms with Gasteiger partial charge in [0.15, 0.2) is 5.96 Å². The van der Waals surface area contributed by atoms with Crippen LogP contribution >= 0.6 is 24.0 Å². The molecule has 1 saturated heterocycles. The van der Waals surface area contributed by atoms with E-state index in [1.807, 2.05) is 11.8 Å². The van der Waals surface area contributed by atoms with Crippen LogP contribution in [0.4, 0.5) is 8.78 Å². The van der Waals surface area contributed by atoms with Gasteiger partial charge < -0.3 is 15.5 Å². The highest BCUT2D eigenvalue weighted by molar-refractivity contribution is 14.0. The largest absolute Gasteiger partial charge is 0.357 e. The second kappa shape index (κ2) is 13.7. The van der Waals surface area contributed by atoms with Crippen molar-refractivity contribution >= 4 is 35.8 Å². The van der Waals surface area contributed by atoms with Gasteiger partial charge in [-0.2, -0.15) is 0 Å². The van der Waals surface area contributed by atoms with Crippen LogP contribution in [0, 0.1) is 11.6 Å². The van der Waals surface area contributed by atoms with Gasteiger partial charge in [-0.05, 0) is 50.3 Å². The number of guanidine groups is 1. The molecule has 0 unspecified atom stereocenters. The van der Waals surface area contributed by atoms with Crippen LogP contribution in [-0.2, 0) is 11.2 Å². The lowest BCUT2D eigenvalue weighted by molar-refractivity contribution is -0.130. The van der Waals surface area contributed by atoms with Crippen LogP contribution in [0.5, 0.6) is 0 Å². The van der Waals surface area contributed by atoms with Crippen molar-refractivity contribution in [1.29, 1.82) is 0 Å². The van der Waals surface area contributed by atoms with E-state index in [1.54, 1.807) is 0 Å². The van der Waals surface area contributed by atoms with Gasteiger partial charge in [0.1, 0.15) is 11.6 Å². The van der Waals surface area contributed by atoms with Crippen LogP contribution in [0.3, 0.4) is 0 Å². The molecular formula is C20H31F2IN4O. The average Bonchev–Trinajstić information content (AvgIpc) is 2.82. The number of nitrogens with zero attached hydrogens (tertiary/aromatic N) is 2. The third kappa shape index (κ3) is 9.16. The monoisotopic (exact) mass is 508 g/mol. The fourth-order valence-corrected chi connectivity index (χ4v) is 3.15. The molecule has 1 aliphatic rings. The first-order valence-electron chi connectivity index (χ1n) is 9.83. The van der Waals surface area contributed by atoms with Crippen LogP contribution in [-0.4, -0.2) is 49.5 Å². The first-order chi connectivity index (χ1) is 13.1. The molecule has 1 fully saturated rings. The highest BCUT2D eigenvalue weighted by Gasteiger charge is 2.15. The van der Waals surface area contributed by atoms with Gasteiger partial charge in [-0.1, -0.05) is 6.42 Å². The molecular weight excluding hydrogens is 477 g/mol. The highest BCUT2D eigenvalue weighted by Crippen LogP contribution is 2.11. The molecule has 158 valence electrons. The highest BCUT2D eigenvalue weighted by atomic mass is 127. The van der Waals surface area contributed by atoms with Crippen LogP contribution in [0.15, 0.2) is 23.2 Å². The molecule has 0 bridgehead atoms. The summed E-state index contributed by atoms with van der Waals surface area (Å²) in [5.41, 5.74) is 0.607. The lowest BCUT2D eigenvalue weighted by atomic mass is 10.1. The number of amides is 1. The van der Waals surface area contributed by atoms with Gasteiger partial charge >= 0.3 is 0 Å². The molecule has 1 aromatic rings. The number of hydrogen-bond acceptors (Lipinski definition) is 2. The van der Waals surface area contributed by atoms with E-state index in [4.69, 9.17) is 0 Å². The fourth-order valence-electron chi connectivity index (χ4n) is 3.15. The number of rotatable bonds is 8. The summed E-state index contributed by atoms with van der Waals surface area (Å²) < 4.78 is 26.4. The molecule has 1 aliphatic heterocycles. The number of carbonyl (C=O) groups excluding carboxylic acids is 1. The van der Waals surface area contributed by atoms with Gasteiger partial charge in [-0.25, -0.2) is 8.78 Å². The topological polar surface area (TPSA) is 56.7 Å². The Morgan fingerprint density at radius 3 is 2.61 bits per heavy atom. The van der Waals surface area contributed by atoms with Crippen LogP contribution in [0.25, 0.3) is 0 Å². The minimum Gasteiger partial charge on any atom is -0.357 e. The van der Waals surface area contributed by atoms with E-state index >= 15 is 0 Å². The fraction of sp³-hybridized carbons (Fsp3) is 0.600. The molecule has 0 spiro atoms. The van der Waals surface area contributed by atoms with E-state index in [-0.39, 0.29) is 29.9 Å². The van der Waals surface area contributed by atoms with Crippen LogP contribution < -0.4 is 10.6 Å². The molecule has 0 radical (unpaired) electrons. The van der Waals surface area contributed by atoms with E-state index in [0.29, 0.717) is 37.5 Å². The van der Waals surface area contributed by atoms with Gasteiger partial charge in [0.05, 0.1) is 0 Å². The predicted molar refractivity (Wildman–Crippen MR) is 119 cm³/mol. The first kappa shape index (κ1) is 24.6. The quantitative estimate of drug-likeness (QED) is 0.245. The summed E-state index contributed by atoms with van der Waals surface area (Å²) in [4.78, 5) is 18.4. The molecule has 1 amide bonds. The molecule has 8 heteroatoms. The van der Waals surface area contributed by atoms with E-state index in [0.717, 1.165) is 51.4 Å². The smallest absolute Gasteiger partial charge is 0.222 e. The summed E-state index contributed by atoms with van der Waals surface area (Å²) in [6.45, 7) is 5.45. The van der Waals surface area contributed by atoms with Crippen molar-refractivity contribution in [3.63, 3.8) is 0 Å². The Morgan fingerprint density at radius 2 is 1.89 bits per heavy atom. The second-order valence-electron chi connectivity index (χ2n) is 6.76. The van der Waals surface area contributed by atoms with Crippen LogP contribution in [0.1, 0.15) is 44.6 Å². The van der Waals surface area contributed by atoms with Crippen molar-refractivity contribution in [3.05, 3.63) is 35.4 Å². The number of carbonyl (C=O) groups is 1. The Hall–Kier alpha value is -1.45. The van der Waals surface area contributed by atoms with E-state index in [9.17, 15) is 13.6 Å². The third-order valence-corrected chi connectivity index (χ3v) is 4.50. The zero-order valence-corrected chi connectivity index (χ0v) is 18.8. The van der Waals surface area contributed by atoms with Crippen molar-refractivity contribution in [2.75, 3.05) is 32.7 Å². The number of halogens is 3. The van der Waals surface area contributed by atoms with Crippen molar-refractivity contribution < 1.29 is 13.6 Å². The van der Waals surface area contributed by atoms with Gasteiger partial charge in [-0.3, -0.25) is 9.79 Å². The standard InChI is InChI=1S/C20H30F2N4O.HI/c1-2-23-20(25-10-8-16-13-17(21)15-18(22)14-16)24-9-6-12-26-11-5-3-4-7-19(26)27;/h13-15H,2-12H2,1H3,(H2,23,24,25);1H. The Bertz CT molecular complexity index is 622. The van der Waals surface area contributed by atoms with E-state index in [2.05, 4.69) is 15.6 Å². The van der Waals surface area contributed by atoms with E-state index < -0.39 is 11.6 Å². The Balaban J connectivity index is 0.00000392. The van der Waals surface area contributed by atoms with Gasteiger partial charge in [0.25, 0.3) is 0 Å². The molecule has 0 saturated carbocycles. The maximum Gasteiger partial charge on any atom is 0.222 e. The van der Waals surface area contributed by atoms with Crippen molar-refractivity contribution in [1.82, 2.24) is 15.5 Å². The lowest BCUT2D eigenvalue weighted by Gasteiger charge is -2.20. The maximum absolute atomic E-state index is 13.2. The van der Waals surface area contributed by atoms with Crippen LogP contribution in [0.2, 0.25) is 0 Å². The zero-order valence-electron chi connectivity index (χ0n) is 16.5. The van der Waals surface area contributed by atoms with Crippen molar-refractivity contribution in [3.8, 4) is 0 Å². The number of aliphatic imine (C=N–C) groups is 1. The summed E-state index contributed by atoms with van der Waals surface area (Å²) in [5.74, 6) is -0.192. The number of likely N-dealkylation sites (tertiary alicyclic amines) is 1. The normalized spacial score (nSPS) is 15.0. The number of nitrogens with one attached hydrogen (secondary N) is 2. The minimum atomic E-state index is -0.561. The summed E-state index contributed by atoms with van der Waals surface area (Å²) in [7, 11) is 0. The first-order valence-corrected chi connectivity index (χ1v) is 9.83. The van der Waals surface area contributed by atoms with Gasteiger partial charge in [-0.15, -0.1) is 24.0 Å². The van der Waals surface area contributed by atoms with E-state index in [1.165, 1.54) is 12.1 Å². The van der Waals surface area contributed by atoms with Gasteiger partial charge in [0.2, 0.25) is 5.91 Å². The SMILES string of the molecule is CCNC(=NCCCN1CCCCCC1=O)NCCc1cc(F)cc(F)c1.I. The summed E-state index contributed by atoms with van der Waals surface area (Å²) in [5, 5.41) is 6.34. The molecule has 0 aromatic heterocycles. The molecule has 2 N–H and O–H groups in total.